The van der Waals surface area contributed by atoms with E-state index in [0.29, 0.717) is 23.1 Å². The quantitative estimate of drug-likeness (QED) is 0.691. The molecule has 2 aliphatic rings. The average molecular weight is 372 g/mol. The number of benzene rings is 1. The summed E-state index contributed by atoms with van der Waals surface area (Å²) in [4.78, 5) is 31.0. The molecule has 0 saturated carbocycles. The third-order valence-corrected chi connectivity index (χ3v) is 6.15. The van der Waals surface area contributed by atoms with Gasteiger partial charge in [0.1, 0.15) is 0 Å². The number of carbonyl (C=O) groups is 2. The van der Waals surface area contributed by atoms with Crippen LogP contribution in [0.3, 0.4) is 0 Å². The molecule has 0 atom stereocenters. The summed E-state index contributed by atoms with van der Waals surface area (Å²) in [6, 6.07) is 7.12. The minimum absolute atomic E-state index is 0.139. The molecule has 2 amide bonds. The second kappa shape index (κ2) is 8.11. The molecule has 1 fully saturated rings. The van der Waals surface area contributed by atoms with Crippen molar-refractivity contribution >= 4 is 11.8 Å². The summed E-state index contributed by atoms with van der Waals surface area (Å²) in [6.45, 7) is 9.59. The Morgan fingerprint density at radius 3 is 2.07 bits per heavy atom. The summed E-state index contributed by atoms with van der Waals surface area (Å²) in [5, 5.41) is 0. The first kappa shape index (κ1) is 20.0. The van der Waals surface area contributed by atoms with Crippen molar-refractivity contribution in [2.75, 3.05) is 46.8 Å². The zero-order valence-electron chi connectivity index (χ0n) is 17.2. The van der Waals surface area contributed by atoms with Gasteiger partial charge in [-0.1, -0.05) is 26.0 Å². The SMILES string of the molecule is CN(C)CC(C)(C)C1CCN(CCCN2C(=O)c3ccccc3C2=O)CC1. The van der Waals surface area contributed by atoms with Gasteiger partial charge in [-0.25, -0.2) is 0 Å². The van der Waals surface area contributed by atoms with Crippen molar-refractivity contribution in [1.29, 1.82) is 0 Å². The molecule has 0 N–H and O–H groups in total. The molecular weight excluding hydrogens is 338 g/mol. The van der Waals surface area contributed by atoms with E-state index >= 15 is 0 Å². The highest BCUT2D eigenvalue weighted by atomic mass is 16.2. The van der Waals surface area contributed by atoms with Crippen LogP contribution in [0.15, 0.2) is 24.3 Å². The average Bonchev–Trinajstić information content (AvgIpc) is 2.86. The first-order valence-electron chi connectivity index (χ1n) is 10.1. The van der Waals surface area contributed by atoms with E-state index in [1.54, 1.807) is 12.1 Å². The Bertz CT molecular complexity index is 656. The summed E-state index contributed by atoms with van der Waals surface area (Å²) < 4.78 is 0. The van der Waals surface area contributed by atoms with Crippen LogP contribution in [-0.2, 0) is 0 Å². The van der Waals surface area contributed by atoms with Gasteiger partial charge >= 0.3 is 0 Å². The highest BCUT2D eigenvalue weighted by molar-refractivity contribution is 6.21. The van der Waals surface area contributed by atoms with Crippen LogP contribution in [0.2, 0.25) is 0 Å². The number of hydrogen-bond donors (Lipinski definition) is 0. The highest BCUT2D eigenvalue weighted by Crippen LogP contribution is 2.35. The van der Waals surface area contributed by atoms with Gasteiger partial charge in [-0.05, 0) is 76.5 Å². The number of likely N-dealkylation sites (tertiary alicyclic amines) is 1. The second-order valence-corrected chi connectivity index (χ2v) is 9.00. The van der Waals surface area contributed by atoms with Crippen LogP contribution in [0, 0.1) is 11.3 Å². The zero-order valence-corrected chi connectivity index (χ0v) is 17.2. The predicted molar refractivity (Wildman–Crippen MR) is 108 cm³/mol. The fourth-order valence-corrected chi connectivity index (χ4v) is 4.78. The van der Waals surface area contributed by atoms with Crippen molar-refractivity contribution in [3.05, 3.63) is 35.4 Å². The topological polar surface area (TPSA) is 43.9 Å². The lowest BCUT2D eigenvalue weighted by Gasteiger charge is -2.42. The van der Waals surface area contributed by atoms with Gasteiger partial charge in [0.05, 0.1) is 11.1 Å². The zero-order chi connectivity index (χ0) is 19.6. The third kappa shape index (κ3) is 4.41. The Kier molecular flexibility index (Phi) is 6.02. The first-order valence-corrected chi connectivity index (χ1v) is 10.1. The molecule has 0 radical (unpaired) electrons. The van der Waals surface area contributed by atoms with Crippen molar-refractivity contribution in [2.45, 2.75) is 33.1 Å². The molecule has 1 saturated heterocycles. The molecule has 3 rings (SSSR count). The van der Waals surface area contributed by atoms with Gasteiger partial charge in [0.25, 0.3) is 11.8 Å². The molecule has 1 aromatic rings. The fraction of sp³-hybridized carbons (Fsp3) is 0.636. The Morgan fingerprint density at radius 2 is 1.56 bits per heavy atom. The summed E-state index contributed by atoms with van der Waals surface area (Å²) in [5.74, 6) is 0.479. The number of imide groups is 1. The number of piperidine rings is 1. The van der Waals surface area contributed by atoms with Crippen molar-refractivity contribution in [1.82, 2.24) is 14.7 Å². The molecule has 5 heteroatoms. The van der Waals surface area contributed by atoms with Crippen molar-refractivity contribution < 1.29 is 9.59 Å². The van der Waals surface area contributed by atoms with Gasteiger partial charge in [0, 0.05) is 13.1 Å². The number of carbonyl (C=O) groups excluding carboxylic acids is 2. The van der Waals surface area contributed by atoms with Gasteiger partial charge in [-0.15, -0.1) is 0 Å². The summed E-state index contributed by atoms with van der Waals surface area (Å²) in [7, 11) is 4.30. The van der Waals surface area contributed by atoms with E-state index in [2.05, 4.69) is 37.7 Å². The maximum absolute atomic E-state index is 12.4. The molecule has 2 heterocycles. The molecule has 5 nitrogen and oxygen atoms in total. The lowest BCUT2D eigenvalue weighted by atomic mass is 9.73. The van der Waals surface area contributed by atoms with Crippen molar-refractivity contribution in [3.8, 4) is 0 Å². The summed E-state index contributed by atoms with van der Waals surface area (Å²) in [6.07, 6.45) is 3.30. The monoisotopic (exact) mass is 371 g/mol. The van der Waals surface area contributed by atoms with Crippen LogP contribution in [0.4, 0.5) is 0 Å². The number of fused-ring (bicyclic) bond motifs is 1. The molecular formula is C22H33N3O2. The van der Waals surface area contributed by atoms with Gasteiger partial charge in [0.2, 0.25) is 0 Å². The van der Waals surface area contributed by atoms with Crippen LogP contribution in [0.5, 0.6) is 0 Å². The van der Waals surface area contributed by atoms with E-state index in [-0.39, 0.29) is 11.8 Å². The minimum atomic E-state index is -0.139. The van der Waals surface area contributed by atoms with Crippen molar-refractivity contribution in [2.24, 2.45) is 11.3 Å². The number of rotatable bonds is 7. The molecule has 0 spiro atoms. The standard InChI is InChI=1S/C22H33N3O2/c1-22(2,16-23(3)4)17-10-14-24(15-11-17)12-7-13-25-20(26)18-8-5-6-9-19(18)21(25)27/h5-6,8-9,17H,7,10-16H2,1-4H3. The molecule has 1 aromatic carbocycles. The number of hydrogen-bond acceptors (Lipinski definition) is 4. The Hall–Kier alpha value is -1.72. The van der Waals surface area contributed by atoms with Crippen LogP contribution in [-0.4, -0.2) is 73.3 Å². The van der Waals surface area contributed by atoms with Crippen molar-refractivity contribution in [3.63, 3.8) is 0 Å². The van der Waals surface area contributed by atoms with E-state index in [4.69, 9.17) is 0 Å². The smallest absolute Gasteiger partial charge is 0.261 e. The maximum Gasteiger partial charge on any atom is 0.261 e. The Labute approximate surface area is 163 Å². The second-order valence-electron chi connectivity index (χ2n) is 9.00. The van der Waals surface area contributed by atoms with E-state index in [1.165, 1.54) is 17.7 Å². The molecule has 0 unspecified atom stereocenters. The summed E-state index contributed by atoms with van der Waals surface area (Å²) in [5.41, 5.74) is 1.44. The molecule has 148 valence electrons. The predicted octanol–water partition coefficient (Wildman–Crippen LogP) is 2.97. The normalized spacial score (nSPS) is 19.2. The van der Waals surface area contributed by atoms with E-state index in [0.717, 1.165) is 38.5 Å². The lowest BCUT2D eigenvalue weighted by Crippen LogP contribution is -2.43. The third-order valence-electron chi connectivity index (χ3n) is 6.15. The molecule has 0 aromatic heterocycles. The molecule has 27 heavy (non-hydrogen) atoms. The van der Waals surface area contributed by atoms with E-state index < -0.39 is 0 Å². The molecule has 2 aliphatic heterocycles. The Balaban J connectivity index is 1.44. The van der Waals surface area contributed by atoms with Crippen LogP contribution in [0.1, 0.15) is 53.8 Å². The minimum Gasteiger partial charge on any atom is -0.309 e. The first-order chi connectivity index (χ1) is 12.8. The van der Waals surface area contributed by atoms with Gasteiger partial charge in [-0.3, -0.25) is 14.5 Å². The van der Waals surface area contributed by atoms with Gasteiger partial charge < -0.3 is 9.80 Å². The van der Waals surface area contributed by atoms with E-state index in [1.807, 2.05) is 12.1 Å². The fourth-order valence-electron chi connectivity index (χ4n) is 4.78. The van der Waals surface area contributed by atoms with Crippen LogP contribution in [0.25, 0.3) is 0 Å². The lowest BCUT2D eigenvalue weighted by molar-refractivity contribution is 0.0622. The number of nitrogens with zero attached hydrogens (tertiary/aromatic N) is 3. The summed E-state index contributed by atoms with van der Waals surface area (Å²) >= 11 is 0. The van der Waals surface area contributed by atoms with Gasteiger partial charge in [-0.2, -0.15) is 0 Å². The Morgan fingerprint density at radius 1 is 1.00 bits per heavy atom. The number of amides is 2. The van der Waals surface area contributed by atoms with Gasteiger partial charge in [0.15, 0.2) is 0 Å². The van der Waals surface area contributed by atoms with Crippen LogP contribution < -0.4 is 0 Å². The maximum atomic E-state index is 12.4. The molecule has 0 aliphatic carbocycles. The molecule has 0 bridgehead atoms. The van der Waals surface area contributed by atoms with E-state index in [9.17, 15) is 9.59 Å². The largest absolute Gasteiger partial charge is 0.309 e. The van der Waals surface area contributed by atoms with Crippen LogP contribution >= 0.6 is 0 Å². The highest BCUT2D eigenvalue weighted by Gasteiger charge is 2.35.